The molecule has 0 unspecified atom stereocenters. The Morgan fingerprint density at radius 2 is 1.62 bits per heavy atom. The molecule has 1 aliphatic carbocycles. The zero-order valence-corrected chi connectivity index (χ0v) is 26.9. The van der Waals surface area contributed by atoms with E-state index in [2.05, 4.69) is 41.5 Å². The fourth-order valence-corrected chi connectivity index (χ4v) is 23.6. The molecule has 1 spiro atoms. The Kier molecular flexibility index (Phi) is 10.2. The molecule has 1 fully saturated rings. The van der Waals surface area contributed by atoms with Gasteiger partial charge in [0.05, 0.1) is 0 Å². The number of hydrogen-bond acceptors (Lipinski definition) is 4. The van der Waals surface area contributed by atoms with Gasteiger partial charge in [0.25, 0.3) is 0 Å². The summed E-state index contributed by atoms with van der Waals surface area (Å²) >= 11 is -2.85. The van der Waals surface area contributed by atoms with E-state index in [1.807, 2.05) is 18.2 Å². The second-order valence-corrected chi connectivity index (χ2v) is 25.1. The van der Waals surface area contributed by atoms with Crippen LogP contribution in [0.15, 0.2) is 45.6 Å². The number of ether oxygens (including phenoxy) is 2. The summed E-state index contributed by atoms with van der Waals surface area (Å²) in [5.41, 5.74) is 2.64. The number of carbonyl (C=O) groups excluding carboxylic acids is 2. The Morgan fingerprint density at radius 1 is 1.05 bits per heavy atom. The summed E-state index contributed by atoms with van der Waals surface area (Å²) in [7, 11) is 0. The van der Waals surface area contributed by atoms with Crippen molar-refractivity contribution in [3.05, 3.63) is 56.7 Å². The molecule has 1 saturated heterocycles. The molecular weight excluding hydrogens is 567 g/mol. The molecule has 0 bridgehead atoms. The van der Waals surface area contributed by atoms with E-state index in [0.717, 1.165) is 18.3 Å². The molecule has 5 heteroatoms. The zero-order valence-electron chi connectivity index (χ0n) is 24.1. The molecule has 2 atom stereocenters. The fourth-order valence-electron chi connectivity index (χ4n) is 7.06. The predicted molar refractivity (Wildman–Crippen MR) is 155 cm³/mol. The van der Waals surface area contributed by atoms with E-state index in [0.29, 0.717) is 12.0 Å². The molecule has 3 rings (SSSR count). The normalized spacial score (nSPS) is 23.2. The van der Waals surface area contributed by atoms with E-state index in [1.165, 1.54) is 66.6 Å². The molecule has 2 aliphatic rings. The first kappa shape index (κ1) is 30.0. The van der Waals surface area contributed by atoms with Crippen molar-refractivity contribution in [1.82, 2.24) is 0 Å². The number of benzene rings is 1. The van der Waals surface area contributed by atoms with Gasteiger partial charge < -0.3 is 0 Å². The number of carbonyl (C=O) groups is 2. The molecule has 0 radical (unpaired) electrons. The van der Waals surface area contributed by atoms with Crippen molar-refractivity contribution >= 4 is 30.8 Å². The summed E-state index contributed by atoms with van der Waals surface area (Å²) in [6.45, 7) is 18.6. The van der Waals surface area contributed by atoms with Crippen LogP contribution in [0.4, 0.5) is 4.79 Å². The van der Waals surface area contributed by atoms with Crippen molar-refractivity contribution in [3.63, 3.8) is 0 Å². The third-order valence-electron chi connectivity index (χ3n) is 9.26. The van der Waals surface area contributed by atoms with Crippen LogP contribution in [0.1, 0.15) is 115 Å². The van der Waals surface area contributed by atoms with Gasteiger partial charge in [-0.25, -0.2) is 0 Å². The van der Waals surface area contributed by atoms with Gasteiger partial charge in [0.15, 0.2) is 0 Å². The van der Waals surface area contributed by atoms with Crippen molar-refractivity contribution in [2.45, 2.75) is 118 Å². The van der Waals surface area contributed by atoms with Gasteiger partial charge in [0.1, 0.15) is 0 Å². The van der Waals surface area contributed by atoms with Crippen molar-refractivity contribution < 1.29 is 19.1 Å². The van der Waals surface area contributed by atoms with Crippen LogP contribution in [0.25, 0.3) is 0 Å². The fraction of sp³-hybridized carbons (Fsp3) is 0.625. The second-order valence-electron chi connectivity index (χ2n) is 11.8. The molecule has 0 N–H and O–H groups in total. The number of cyclic esters (lactones) is 1. The first-order chi connectivity index (χ1) is 17.6. The molecule has 0 amide bonds. The Morgan fingerprint density at radius 3 is 2.16 bits per heavy atom. The topological polar surface area (TPSA) is 52.6 Å². The molecule has 1 aromatic rings. The van der Waals surface area contributed by atoms with E-state index in [1.54, 1.807) is 6.07 Å². The molecule has 1 aromatic carbocycles. The summed E-state index contributed by atoms with van der Waals surface area (Å²) in [6, 6.07) is 7.45. The van der Waals surface area contributed by atoms with Crippen molar-refractivity contribution in [2.24, 2.45) is 5.41 Å². The molecule has 0 saturated carbocycles. The maximum atomic E-state index is 12.8. The third-order valence-corrected chi connectivity index (χ3v) is 24.8. The van der Waals surface area contributed by atoms with Gasteiger partial charge in [-0.1, -0.05) is 0 Å². The quantitative estimate of drug-likeness (QED) is 0.126. The molecule has 0 aromatic heterocycles. The van der Waals surface area contributed by atoms with E-state index in [9.17, 15) is 9.59 Å². The van der Waals surface area contributed by atoms with Crippen LogP contribution in [0.2, 0.25) is 13.3 Å². The number of allylic oxidation sites excluding steroid dienone is 2. The summed E-state index contributed by atoms with van der Waals surface area (Å²) in [5.74, 6) is 0. The van der Waals surface area contributed by atoms with Crippen LogP contribution < -0.4 is 0 Å². The Balaban J connectivity index is 2.15. The Hall–Kier alpha value is -1.56. The van der Waals surface area contributed by atoms with Gasteiger partial charge in [0.2, 0.25) is 0 Å². The zero-order chi connectivity index (χ0) is 27.3. The van der Waals surface area contributed by atoms with E-state index >= 15 is 0 Å². The van der Waals surface area contributed by atoms with E-state index in [-0.39, 0.29) is 0 Å². The summed E-state index contributed by atoms with van der Waals surface area (Å²) in [4.78, 5) is 24.8. The monoisotopic (exact) mass is 616 g/mol. The molecule has 4 nitrogen and oxygen atoms in total. The maximum absolute atomic E-state index is 12.8. The number of aldehydes is 1. The van der Waals surface area contributed by atoms with Crippen LogP contribution >= 0.6 is 0 Å². The Bertz CT molecular complexity index is 1000. The standard InChI is InChI=1S/C20H21O4.3C4H9.Sn/c1-5-16-13(2)10-11-20(19(16,3)4)17(23-18(22)24-20)15-9-7-6-8-14(15)12-21;3*1-3-4-2;/h6-9,12,17H,1,10-11H2,2-4H3;3*1,3-4H2,2H3;/t17-,20-;;;;/m1..../s1. The summed E-state index contributed by atoms with van der Waals surface area (Å²) in [6.07, 6.45) is 8.56. The predicted octanol–water partition coefficient (Wildman–Crippen LogP) is 9.53. The van der Waals surface area contributed by atoms with Crippen LogP contribution in [0, 0.1) is 5.41 Å². The van der Waals surface area contributed by atoms with Gasteiger partial charge >= 0.3 is 230 Å². The average Bonchev–Trinajstić information content (AvgIpc) is 3.23. The van der Waals surface area contributed by atoms with E-state index in [4.69, 9.17) is 16.1 Å². The van der Waals surface area contributed by atoms with Gasteiger partial charge in [-0.3, -0.25) is 0 Å². The number of rotatable bonds is 13. The molecule has 1 heterocycles. The minimum atomic E-state index is -2.85. The molecular formula is C32H48O4Sn. The van der Waals surface area contributed by atoms with Crippen molar-refractivity contribution in [1.29, 1.82) is 0 Å². The molecule has 37 heavy (non-hydrogen) atoms. The van der Waals surface area contributed by atoms with Crippen LogP contribution in [-0.4, -0.2) is 36.4 Å². The first-order valence-corrected chi connectivity index (χ1v) is 22.0. The summed E-state index contributed by atoms with van der Waals surface area (Å²) in [5, 5.41) is 0. The SMILES string of the molecule is C=[C](C1=C(C)CC[C@]2(OC(=O)O[C@@H]2c2ccccc2C=O)C1(C)C)[Sn]([CH2]CCC)([CH2]CCC)[CH2]CCC. The van der Waals surface area contributed by atoms with Crippen molar-refractivity contribution in [3.8, 4) is 0 Å². The van der Waals surface area contributed by atoms with Gasteiger partial charge in [0, 0.05) is 0 Å². The van der Waals surface area contributed by atoms with Crippen molar-refractivity contribution in [2.75, 3.05) is 0 Å². The molecule has 204 valence electrons. The van der Waals surface area contributed by atoms with Crippen LogP contribution in [-0.2, 0) is 9.47 Å². The minimum absolute atomic E-state index is 0.494. The number of hydrogen-bond donors (Lipinski definition) is 0. The van der Waals surface area contributed by atoms with Gasteiger partial charge in [-0.15, -0.1) is 0 Å². The third kappa shape index (κ3) is 5.60. The average molecular weight is 615 g/mol. The Labute approximate surface area is 229 Å². The first-order valence-electron chi connectivity index (χ1n) is 14.5. The van der Waals surface area contributed by atoms with Crippen LogP contribution in [0.3, 0.4) is 0 Å². The molecule has 1 aliphatic heterocycles. The van der Waals surface area contributed by atoms with Gasteiger partial charge in [-0.2, -0.15) is 0 Å². The van der Waals surface area contributed by atoms with Gasteiger partial charge in [-0.05, 0) is 0 Å². The second kappa shape index (κ2) is 12.5. The van der Waals surface area contributed by atoms with E-state index < -0.39 is 41.7 Å². The van der Waals surface area contributed by atoms with Crippen LogP contribution in [0.5, 0.6) is 0 Å². The summed E-state index contributed by atoms with van der Waals surface area (Å²) < 4.78 is 17.6. The number of unbranched alkanes of at least 4 members (excludes halogenated alkanes) is 3.